The lowest BCUT2D eigenvalue weighted by atomic mass is 10.0. The number of rotatable bonds is 2. The molecule has 1 aromatic rings. The highest BCUT2D eigenvalue weighted by molar-refractivity contribution is 5.78. The minimum Gasteiger partial charge on any atom is -0.387 e. The standard InChI is InChI=1S/C11H11FN2.C2H6/c1-7(2)10-5-9(12)4-8(6-13)11(10)14-3;1-2/h4-5,14H,1H2,2-3H3;1-2H3. The van der Waals surface area contributed by atoms with Crippen LogP contribution in [0.15, 0.2) is 18.7 Å². The molecule has 1 N–H and O–H groups in total. The molecule has 0 aliphatic carbocycles. The monoisotopic (exact) mass is 220 g/mol. The topological polar surface area (TPSA) is 35.8 Å². The Morgan fingerprint density at radius 2 is 2.00 bits per heavy atom. The maximum absolute atomic E-state index is 13.1. The van der Waals surface area contributed by atoms with E-state index in [-0.39, 0.29) is 0 Å². The zero-order chi connectivity index (χ0) is 12.7. The Morgan fingerprint density at radius 1 is 1.44 bits per heavy atom. The van der Waals surface area contributed by atoms with Crippen molar-refractivity contribution in [1.82, 2.24) is 0 Å². The molecule has 0 fully saturated rings. The van der Waals surface area contributed by atoms with E-state index in [0.29, 0.717) is 16.8 Å². The van der Waals surface area contributed by atoms with Crippen LogP contribution in [0.25, 0.3) is 5.57 Å². The number of nitriles is 1. The third-order valence-electron chi connectivity index (χ3n) is 1.93. The van der Waals surface area contributed by atoms with Crippen molar-refractivity contribution in [3.8, 4) is 6.07 Å². The molecule has 0 bridgehead atoms. The molecule has 0 radical (unpaired) electrons. The van der Waals surface area contributed by atoms with Gasteiger partial charge in [0.05, 0.1) is 11.3 Å². The molecule has 3 heteroatoms. The van der Waals surface area contributed by atoms with Crippen LogP contribution in [0.2, 0.25) is 0 Å². The molecule has 0 saturated heterocycles. The van der Waals surface area contributed by atoms with Crippen LogP contribution in [0.4, 0.5) is 10.1 Å². The van der Waals surface area contributed by atoms with Crippen molar-refractivity contribution in [1.29, 1.82) is 5.26 Å². The Kier molecular flexibility index (Phi) is 5.87. The minimum absolute atomic E-state index is 0.297. The highest BCUT2D eigenvalue weighted by Crippen LogP contribution is 2.27. The first kappa shape index (κ1) is 14.2. The van der Waals surface area contributed by atoms with Gasteiger partial charge in [0.1, 0.15) is 11.9 Å². The Bertz CT molecular complexity index is 417. The van der Waals surface area contributed by atoms with Gasteiger partial charge in [0.2, 0.25) is 0 Å². The van der Waals surface area contributed by atoms with Gasteiger partial charge in [-0.05, 0) is 24.6 Å². The minimum atomic E-state index is -0.418. The van der Waals surface area contributed by atoms with Crippen molar-refractivity contribution in [3.63, 3.8) is 0 Å². The van der Waals surface area contributed by atoms with Crippen LogP contribution in [0.1, 0.15) is 31.9 Å². The van der Waals surface area contributed by atoms with Gasteiger partial charge in [-0.25, -0.2) is 4.39 Å². The largest absolute Gasteiger partial charge is 0.387 e. The molecular formula is C13H17FN2. The van der Waals surface area contributed by atoms with Crippen LogP contribution in [0.5, 0.6) is 0 Å². The maximum Gasteiger partial charge on any atom is 0.125 e. The average Bonchev–Trinajstić information content (AvgIpc) is 2.30. The Balaban J connectivity index is 0.00000106. The molecule has 0 amide bonds. The van der Waals surface area contributed by atoms with E-state index in [1.807, 2.05) is 19.9 Å². The summed E-state index contributed by atoms with van der Waals surface area (Å²) >= 11 is 0. The second-order valence-corrected chi connectivity index (χ2v) is 3.02. The molecule has 86 valence electrons. The Hall–Kier alpha value is -1.82. The summed E-state index contributed by atoms with van der Waals surface area (Å²) in [7, 11) is 1.69. The smallest absolute Gasteiger partial charge is 0.125 e. The van der Waals surface area contributed by atoms with Gasteiger partial charge in [0.15, 0.2) is 0 Å². The molecule has 0 spiro atoms. The van der Waals surface area contributed by atoms with E-state index < -0.39 is 5.82 Å². The third kappa shape index (κ3) is 3.09. The lowest BCUT2D eigenvalue weighted by Crippen LogP contribution is -1.98. The summed E-state index contributed by atoms with van der Waals surface area (Å²) < 4.78 is 13.1. The Morgan fingerprint density at radius 3 is 2.38 bits per heavy atom. The van der Waals surface area contributed by atoms with Crippen molar-refractivity contribution >= 4 is 11.3 Å². The zero-order valence-electron chi connectivity index (χ0n) is 10.2. The van der Waals surface area contributed by atoms with Crippen LogP contribution >= 0.6 is 0 Å². The van der Waals surface area contributed by atoms with Crippen LogP contribution in [0.3, 0.4) is 0 Å². The normalized spacial score (nSPS) is 8.50. The second-order valence-electron chi connectivity index (χ2n) is 3.02. The van der Waals surface area contributed by atoms with E-state index in [4.69, 9.17) is 5.26 Å². The zero-order valence-corrected chi connectivity index (χ0v) is 10.2. The summed E-state index contributed by atoms with van der Waals surface area (Å²) in [5, 5.41) is 11.7. The van der Waals surface area contributed by atoms with Gasteiger partial charge in [-0.1, -0.05) is 20.4 Å². The lowest BCUT2D eigenvalue weighted by molar-refractivity contribution is 0.627. The molecule has 0 atom stereocenters. The highest BCUT2D eigenvalue weighted by Gasteiger charge is 2.09. The van der Waals surface area contributed by atoms with Crippen molar-refractivity contribution in [2.75, 3.05) is 12.4 Å². The third-order valence-corrected chi connectivity index (χ3v) is 1.93. The van der Waals surface area contributed by atoms with Crippen LogP contribution in [-0.4, -0.2) is 7.05 Å². The maximum atomic E-state index is 13.1. The summed E-state index contributed by atoms with van der Waals surface area (Å²) in [5.74, 6) is -0.418. The van der Waals surface area contributed by atoms with Gasteiger partial charge < -0.3 is 5.32 Å². The van der Waals surface area contributed by atoms with Crippen LogP contribution in [-0.2, 0) is 0 Å². The van der Waals surface area contributed by atoms with Gasteiger partial charge >= 0.3 is 0 Å². The SMILES string of the molecule is C=C(C)c1cc(F)cc(C#N)c1NC.CC. The predicted octanol–water partition coefficient (Wildman–Crippen LogP) is 3.80. The molecule has 2 nitrogen and oxygen atoms in total. The second kappa shape index (κ2) is 6.62. The first-order valence-electron chi connectivity index (χ1n) is 5.17. The first-order chi connectivity index (χ1) is 7.60. The van der Waals surface area contributed by atoms with Crippen LogP contribution in [0, 0.1) is 17.1 Å². The number of hydrogen-bond donors (Lipinski definition) is 1. The van der Waals surface area contributed by atoms with Crippen molar-refractivity contribution in [2.45, 2.75) is 20.8 Å². The highest BCUT2D eigenvalue weighted by atomic mass is 19.1. The summed E-state index contributed by atoms with van der Waals surface area (Å²) in [6.45, 7) is 9.51. The van der Waals surface area contributed by atoms with E-state index in [2.05, 4.69) is 11.9 Å². The van der Waals surface area contributed by atoms with Crippen molar-refractivity contribution in [2.24, 2.45) is 0 Å². The van der Waals surface area contributed by atoms with Gasteiger partial charge in [0.25, 0.3) is 0 Å². The fourth-order valence-corrected chi connectivity index (χ4v) is 1.30. The summed E-state index contributed by atoms with van der Waals surface area (Å²) in [4.78, 5) is 0. The molecule has 0 unspecified atom stereocenters. The molecular weight excluding hydrogens is 203 g/mol. The number of hydrogen-bond acceptors (Lipinski definition) is 2. The lowest BCUT2D eigenvalue weighted by Gasteiger charge is -2.10. The van der Waals surface area contributed by atoms with E-state index in [1.165, 1.54) is 12.1 Å². The van der Waals surface area contributed by atoms with E-state index >= 15 is 0 Å². The van der Waals surface area contributed by atoms with Crippen LogP contribution < -0.4 is 5.32 Å². The molecule has 0 heterocycles. The summed E-state index contributed by atoms with van der Waals surface area (Å²) in [5.41, 5.74) is 2.29. The number of benzene rings is 1. The van der Waals surface area contributed by atoms with Gasteiger partial charge in [-0.15, -0.1) is 0 Å². The van der Waals surface area contributed by atoms with Gasteiger partial charge in [0, 0.05) is 12.6 Å². The molecule has 1 rings (SSSR count). The molecule has 1 aromatic carbocycles. The fraction of sp³-hybridized carbons (Fsp3) is 0.308. The molecule has 0 aliphatic rings. The molecule has 0 aromatic heterocycles. The number of allylic oxidation sites excluding steroid dienone is 1. The molecule has 16 heavy (non-hydrogen) atoms. The molecule has 0 saturated carbocycles. The van der Waals surface area contributed by atoms with E-state index in [1.54, 1.807) is 14.0 Å². The quantitative estimate of drug-likeness (QED) is 0.822. The number of halogens is 1. The van der Waals surface area contributed by atoms with Gasteiger partial charge in [-0.3, -0.25) is 0 Å². The first-order valence-corrected chi connectivity index (χ1v) is 5.17. The molecule has 0 aliphatic heterocycles. The van der Waals surface area contributed by atoms with Gasteiger partial charge in [-0.2, -0.15) is 5.26 Å². The number of nitrogens with zero attached hydrogens (tertiary/aromatic N) is 1. The summed E-state index contributed by atoms with van der Waals surface area (Å²) in [6.07, 6.45) is 0. The number of nitrogens with one attached hydrogen (secondary N) is 1. The number of anilines is 1. The van der Waals surface area contributed by atoms with E-state index in [9.17, 15) is 4.39 Å². The summed E-state index contributed by atoms with van der Waals surface area (Å²) in [6, 6.07) is 4.52. The van der Waals surface area contributed by atoms with Crippen molar-refractivity contribution < 1.29 is 4.39 Å². The fourth-order valence-electron chi connectivity index (χ4n) is 1.30. The predicted molar refractivity (Wildman–Crippen MR) is 66.7 cm³/mol. The van der Waals surface area contributed by atoms with E-state index in [0.717, 1.165) is 5.57 Å². The Labute approximate surface area is 96.4 Å². The average molecular weight is 220 g/mol. The van der Waals surface area contributed by atoms with Crippen molar-refractivity contribution in [3.05, 3.63) is 35.7 Å².